The lowest BCUT2D eigenvalue weighted by atomic mass is 9.93. The molecule has 1 unspecified atom stereocenters. The van der Waals surface area contributed by atoms with Gasteiger partial charge in [0, 0.05) is 31.9 Å². The molecule has 1 atom stereocenters. The van der Waals surface area contributed by atoms with Crippen molar-refractivity contribution in [1.82, 2.24) is 5.32 Å². The molecule has 2 N–H and O–H groups in total. The highest BCUT2D eigenvalue weighted by Crippen LogP contribution is 2.22. The van der Waals surface area contributed by atoms with E-state index in [-0.39, 0.29) is 17.3 Å². The second kappa shape index (κ2) is 6.85. The number of amides is 1. The van der Waals surface area contributed by atoms with E-state index < -0.39 is 17.5 Å². The predicted molar refractivity (Wildman–Crippen MR) is 76.4 cm³/mol. The Kier molecular flexibility index (Phi) is 5.12. The van der Waals surface area contributed by atoms with E-state index in [1.807, 2.05) is 6.92 Å². The maximum Gasteiger partial charge on any atom is 0.251 e. The minimum Gasteiger partial charge on any atom is -0.383 e. The summed E-state index contributed by atoms with van der Waals surface area (Å²) in [6.07, 6.45) is 1.76. The van der Waals surface area contributed by atoms with Crippen LogP contribution in [-0.4, -0.2) is 32.2 Å². The molecule has 0 bridgehead atoms. The number of rotatable bonds is 4. The topological polar surface area (TPSA) is 50.4 Å². The Morgan fingerprint density at radius 3 is 2.38 bits per heavy atom. The summed E-state index contributed by atoms with van der Waals surface area (Å²) >= 11 is 0. The van der Waals surface area contributed by atoms with Gasteiger partial charge in [-0.1, -0.05) is 0 Å². The van der Waals surface area contributed by atoms with E-state index in [1.54, 1.807) is 0 Å². The van der Waals surface area contributed by atoms with Crippen LogP contribution in [0.3, 0.4) is 0 Å². The van der Waals surface area contributed by atoms with Crippen LogP contribution >= 0.6 is 0 Å². The molecular weight excluding hydrogens is 278 g/mol. The van der Waals surface area contributed by atoms with E-state index in [0.717, 1.165) is 25.0 Å². The number of carbonyl (C=O) groups is 1. The quantitative estimate of drug-likeness (QED) is 0.898. The number of hydrogen-bond acceptors (Lipinski definition) is 3. The second-order valence-corrected chi connectivity index (χ2v) is 5.28. The predicted octanol–water partition coefficient (Wildman–Crippen LogP) is 2.55. The monoisotopic (exact) mass is 298 g/mol. The zero-order valence-corrected chi connectivity index (χ0v) is 12.2. The molecule has 2 rings (SSSR count). The first-order valence-electron chi connectivity index (χ1n) is 7.08. The van der Waals surface area contributed by atoms with Gasteiger partial charge in [-0.25, -0.2) is 8.78 Å². The minimum atomic E-state index is -0.777. The van der Waals surface area contributed by atoms with E-state index in [4.69, 9.17) is 4.74 Å². The van der Waals surface area contributed by atoms with Crippen molar-refractivity contribution in [3.05, 3.63) is 29.3 Å². The van der Waals surface area contributed by atoms with Crippen LogP contribution in [0.1, 0.15) is 30.1 Å². The Bertz CT molecular complexity index is 493. The van der Waals surface area contributed by atoms with Gasteiger partial charge in [-0.05, 0) is 37.8 Å². The Morgan fingerprint density at radius 2 is 1.86 bits per heavy atom. The van der Waals surface area contributed by atoms with Crippen molar-refractivity contribution >= 4 is 11.6 Å². The summed E-state index contributed by atoms with van der Waals surface area (Å²) in [5.74, 6) is -1.69. The third-order valence-electron chi connectivity index (χ3n) is 3.89. The van der Waals surface area contributed by atoms with Gasteiger partial charge < -0.3 is 15.4 Å². The molecule has 0 radical (unpaired) electrons. The van der Waals surface area contributed by atoms with Crippen molar-refractivity contribution in [3.63, 3.8) is 0 Å². The van der Waals surface area contributed by atoms with Crippen molar-refractivity contribution in [1.29, 1.82) is 0 Å². The van der Waals surface area contributed by atoms with E-state index in [9.17, 15) is 13.6 Å². The minimum absolute atomic E-state index is 0.0112. The number of carbonyl (C=O) groups excluding carboxylic acids is 1. The van der Waals surface area contributed by atoms with Gasteiger partial charge in [0.1, 0.15) is 17.3 Å². The molecule has 4 nitrogen and oxygen atoms in total. The molecule has 0 aliphatic carbocycles. The van der Waals surface area contributed by atoms with Gasteiger partial charge >= 0.3 is 0 Å². The Labute approximate surface area is 122 Å². The second-order valence-electron chi connectivity index (χ2n) is 5.28. The lowest BCUT2D eigenvalue weighted by molar-refractivity contribution is 0.0538. The summed E-state index contributed by atoms with van der Waals surface area (Å²) in [5.41, 5.74) is -0.244. The lowest BCUT2D eigenvalue weighted by Crippen LogP contribution is -2.40. The van der Waals surface area contributed by atoms with Crippen molar-refractivity contribution in [2.45, 2.75) is 25.8 Å². The molecule has 1 aromatic rings. The van der Waals surface area contributed by atoms with Gasteiger partial charge in [0.2, 0.25) is 0 Å². The zero-order valence-electron chi connectivity index (χ0n) is 12.2. The Balaban J connectivity index is 2.06. The molecule has 1 amide bonds. The number of benzene rings is 1. The number of hydrogen-bond donors (Lipinski definition) is 2. The summed E-state index contributed by atoms with van der Waals surface area (Å²) in [5, 5.41) is 5.24. The average Bonchev–Trinajstić information content (AvgIpc) is 2.47. The highest BCUT2D eigenvalue weighted by Gasteiger charge is 2.23. The smallest absolute Gasteiger partial charge is 0.251 e. The van der Waals surface area contributed by atoms with Gasteiger partial charge in [-0.15, -0.1) is 0 Å². The van der Waals surface area contributed by atoms with Crippen molar-refractivity contribution in [2.75, 3.05) is 25.6 Å². The molecule has 1 heterocycles. The van der Waals surface area contributed by atoms with Crippen LogP contribution in [0.25, 0.3) is 0 Å². The molecule has 1 aliphatic rings. The van der Waals surface area contributed by atoms with Gasteiger partial charge in [-0.2, -0.15) is 0 Å². The van der Waals surface area contributed by atoms with Crippen LogP contribution in [0, 0.1) is 17.6 Å². The fourth-order valence-electron chi connectivity index (χ4n) is 2.57. The maximum absolute atomic E-state index is 13.7. The molecule has 0 saturated carbocycles. The third kappa shape index (κ3) is 3.69. The summed E-state index contributed by atoms with van der Waals surface area (Å²) in [4.78, 5) is 12.1. The molecule has 0 spiro atoms. The van der Waals surface area contributed by atoms with Crippen LogP contribution in [0.5, 0.6) is 0 Å². The van der Waals surface area contributed by atoms with E-state index in [0.29, 0.717) is 19.1 Å². The standard InChI is InChI=1S/C15H20F2N2O2/c1-9(10-3-5-21-6-4-10)19-15(20)11-7-12(16)14(18-2)13(17)8-11/h7-10,18H,3-6H2,1-2H3,(H,19,20). The number of anilines is 1. The maximum atomic E-state index is 13.7. The lowest BCUT2D eigenvalue weighted by Gasteiger charge is -2.28. The zero-order chi connectivity index (χ0) is 15.4. The molecule has 1 aromatic carbocycles. The molecule has 21 heavy (non-hydrogen) atoms. The third-order valence-corrected chi connectivity index (χ3v) is 3.89. The largest absolute Gasteiger partial charge is 0.383 e. The summed E-state index contributed by atoms with van der Waals surface area (Å²) in [6.45, 7) is 3.28. The fourth-order valence-corrected chi connectivity index (χ4v) is 2.57. The first-order valence-corrected chi connectivity index (χ1v) is 7.08. The SMILES string of the molecule is CNc1c(F)cc(C(=O)NC(C)C2CCOCC2)cc1F. The first-order chi connectivity index (χ1) is 10.0. The van der Waals surface area contributed by atoms with Crippen LogP contribution in [-0.2, 0) is 4.74 Å². The molecule has 1 saturated heterocycles. The first kappa shape index (κ1) is 15.7. The number of halogens is 2. The van der Waals surface area contributed by atoms with Gasteiger partial charge in [0.25, 0.3) is 5.91 Å². The van der Waals surface area contributed by atoms with E-state index >= 15 is 0 Å². The van der Waals surface area contributed by atoms with E-state index in [2.05, 4.69) is 10.6 Å². The normalized spacial score (nSPS) is 17.3. The highest BCUT2D eigenvalue weighted by atomic mass is 19.1. The van der Waals surface area contributed by atoms with Crippen LogP contribution in [0.2, 0.25) is 0 Å². The molecular formula is C15H20F2N2O2. The molecule has 116 valence electrons. The molecule has 1 aliphatic heterocycles. The summed E-state index contributed by atoms with van der Waals surface area (Å²) in [7, 11) is 1.43. The van der Waals surface area contributed by atoms with Gasteiger partial charge in [0.05, 0.1) is 0 Å². The van der Waals surface area contributed by atoms with Crippen LogP contribution in [0.15, 0.2) is 12.1 Å². The Morgan fingerprint density at radius 1 is 1.29 bits per heavy atom. The molecule has 0 aromatic heterocycles. The number of ether oxygens (including phenoxy) is 1. The summed E-state index contributed by atoms with van der Waals surface area (Å²) in [6, 6.07) is 2.03. The van der Waals surface area contributed by atoms with Crippen LogP contribution < -0.4 is 10.6 Å². The Hall–Kier alpha value is -1.69. The molecule has 1 fully saturated rings. The van der Waals surface area contributed by atoms with E-state index in [1.165, 1.54) is 7.05 Å². The van der Waals surface area contributed by atoms with Crippen molar-refractivity contribution in [2.24, 2.45) is 5.92 Å². The van der Waals surface area contributed by atoms with Gasteiger partial charge in [-0.3, -0.25) is 4.79 Å². The van der Waals surface area contributed by atoms with Gasteiger partial charge in [0.15, 0.2) is 0 Å². The van der Waals surface area contributed by atoms with Crippen LogP contribution in [0.4, 0.5) is 14.5 Å². The highest BCUT2D eigenvalue weighted by molar-refractivity contribution is 5.94. The average molecular weight is 298 g/mol. The van der Waals surface area contributed by atoms with Crippen molar-refractivity contribution < 1.29 is 18.3 Å². The molecule has 6 heteroatoms. The summed E-state index contributed by atoms with van der Waals surface area (Å²) < 4.78 is 32.6. The number of nitrogens with one attached hydrogen (secondary N) is 2. The fraction of sp³-hybridized carbons (Fsp3) is 0.533. The van der Waals surface area contributed by atoms with Crippen molar-refractivity contribution in [3.8, 4) is 0 Å².